The van der Waals surface area contributed by atoms with Gasteiger partial charge in [0.2, 0.25) is 0 Å². The minimum atomic E-state index is -0.658. The molecule has 0 saturated carbocycles. The molecule has 166 valence electrons. The van der Waals surface area contributed by atoms with Gasteiger partial charge in [-0.05, 0) is 49.6 Å². The number of amides is 4. The lowest BCUT2D eigenvalue weighted by atomic mass is 10.2. The van der Waals surface area contributed by atoms with Crippen LogP contribution in [0.25, 0.3) is 0 Å². The van der Waals surface area contributed by atoms with Crippen molar-refractivity contribution in [2.75, 3.05) is 35.4 Å². The number of carbonyl (C=O) groups is 2. The molecule has 1 aliphatic heterocycles. The predicted octanol–water partition coefficient (Wildman–Crippen LogP) is 5.21. The zero-order chi connectivity index (χ0) is 22.4. The van der Waals surface area contributed by atoms with Gasteiger partial charge in [0, 0.05) is 30.7 Å². The first-order chi connectivity index (χ1) is 14.9. The van der Waals surface area contributed by atoms with Crippen LogP contribution in [-0.2, 0) is 0 Å². The summed E-state index contributed by atoms with van der Waals surface area (Å²) in [7, 11) is 0. The maximum Gasteiger partial charge on any atom is 0.329 e. The number of urea groups is 2. The quantitative estimate of drug-likeness (QED) is 0.380. The lowest BCUT2D eigenvalue weighted by Crippen LogP contribution is -2.32. The van der Waals surface area contributed by atoms with E-state index in [1.165, 1.54) is 0 Å². The van der Waals surface area contributed by atoms with Crippen LogP contribution in [-0.4, -0.2) is 43.2 Å². The molecule has 0 spiro atoms. The summed E-state index contributed by atoms with van der Waals surface area (Å²) in [6.07, 6.45) is 2.65. The fourth-order valence-electron chi connectivity index (χ4n) is 3.32. The Morgan fingerprint density at radius 2 is 1.94 bits per heavy atom. The van der Waals surface area contributed by atoms with Gasteiger partial charge < -0.3 is 15.4 Å². The average Bonchev–Trinajstić information content (AvgIpc) is 3.10. The number of thiol groups is 1. The molecule has 2 aromatic carbocycles. The maximum absolute atomic E-state index is 12.7. The van der Waals surface area contributed by atoms with Gasteiger partial charge in [0.25, 0.3) is 0 Å². The first-order valence-electron chi connectivity index (χ1n) is 9.89. The number of benzene rings is 2. The molecular weight excluding hydrogens is 459 g/mol. The number of carbonyl (C=O) groups excluding carboxylic acids is 2. The molecule has 1 aliphatic rings. The number of unbranched alkanes of at least 4 members (excludes halogenated alkanes) is 2. The fraction of sp³-hybridized carbons (Fsp3) is 0.333. The average molecular weight is 483 g/mol. The van der Waals surface area contributed by atoms with Gasteiger partial charge in [0.1, 0.15) is 5.75 Å². The van der Waals surface area contributed by atoms with Gasteiger partial charge in [-0.2, -0.15) is 0 Å². The van der Waals surface area contributed by atoms with E-state index < -0.39 is 6.03 Å². The molecule has 10 heteroatoms. The maximum atomic E-state index is 12.7. The van der Waals surface area contributed by atoms with Crippen LogP contribution in [0.1, 0.15) is 19.3 Å². The van der Waals surface area contributed by atoms with Crippen LogP contribution in [0.5, 0.6) is 5.75 Å². The van der Waals surface area contributed by atoms with E-state index in [2.05, 4.69) is 12.8 Å². The van der Waals surface area contributed by atoms with E-state index in [0.717, 1.165) is 23.6 Å². The standard InChI is InChI=1S/C21H24Cl2N4O3S/c22-15-7-8-19(18(23)13-15)26-11-10-25(21(26)29)9-2-1-3-12-30-17-6-4-5-16(14-17)27(31)20(24)28/h4-8,13-14,31H,1-3,9-12H2,(H2,24,28). The van der Waals surface area contributed by atoms with Crippen LogP contribution >= 0.6 is 36.0 Å². The van der Waals surface area contributed by atoms with Crippen LogP contribution in [0.15, 0.2) is 42.5 Å². The number of anilines is 2. The summed E-state index contributed by atoms with van der Waals surface area (Å²) >= 11 is 16.2. The molecule has 3 rings (SSSR count). The predicted molar refractivity (Wildman–Crippen MR) is 128 cm³/mol. The summed E-state index contributed by atoms with van der Waals surface area (Å²) in [5.41, 5.74) is 6.45. The van der Waals surface area contributed by atoms with Gasteiger partial charge in [-0.3, -0.25) is 4.90 Å². The Morgan fingerprint density at radius 3 is 2.68 bits per heavy atom. The van der Waals surface area contributed by atoms with E-state index in [-0.39, 0.29) is 6.03 Å². The van der Waals surface area contributed by atoms with Crippen LogP contribution in [0, 0.1) is 0 Å². The highest BCUT2D eigenvalue weighted by Crippen LogP contribution is 2.31. The smallest absolute Gasteiger partial charge is 0.329 e. The van der Waals surface area contributed by atoms with Gasteiger partial charge in [-0.15, -0.1) is 0 Å². The highest BCUT2D eigenvalue weighted by molar-refractivity contribution is 7.82. The molecule has 1 saturated heterocycles. The molecule has 1 heterocycles. The van der Waals surface area contributed by atoms with Crippen LogP contribution in [0.4, 0.5) is 21.0 Å². The number of hydrogen-bond acceptors (Lipinski definition) is 4. The fourth-order valence-corrected chi connectivity index (χ4v) is 3.95. The molecule has 4 amide bonds. The Labute approximate surface area is 197 Å². The van der Waals surface area contributed by atoms with Crippen molar-refractivity contribution in [3.63, 3.8) is 0 Å². The molecule has 2 aromatic rings. The van der Waals surface area contributed by atoms with Crippen molar-refractivity contribution in [3.05, 3.63) is 52.5 Å². The second-order valence-electron chi connectivity index (χ2n) is 7.07. The summed E-state index contributed by atoms with van der Waals surface area (Å²) in [5, 5.41) is 1.02. The van der Waals surface area contributed by atoms with Gasteiger partial charge in [0.15, 0.2) is 0 Å². The Morgan fingerprint density at radius 1 is 1.13 bits per heavy atom. The normalized spacial score (nSPS) is 13.6. The summed E-state index contributed by atoms with van der Waals surface area (Å²) in [5.74, 6) is 0.642. The first-order valence-corrected chi connectivity index (χ1v) is 11.0. The molecule has 0 aromatic heterocycles. The lowest BCUT2D eigenvalue weighted by molar-refractivity contribution is 0.219. The first kappa shape index (κ1) is 23.4. The number of halogens is 2. The van der Waals surface area contributed by atoms with Crippen LogP contribution in [0.2, 0.25) is 10.0 Å². The molecule has 0 radical (unpaired) electrons. The topological polar surface area (TPSA) is 79.1 Å². The third-order valence-corrected chi connectivity index (χ3v) is 5.87. The van der Waals surface area contributed by atoms with E-state index in [0.29, 0.717) is 53.4 Å². The Kier molecular flexibility index (Phi) is 8.17. The van der Waals surface area contributed by atoms with E-state index in [4.69, 9.17) is 33.7 Å². The van der Waals surface area contributed by atoms with Crippen molar-refractivity contribution in [2.45, 2.75) is 19.3 Å². The summed E-state index contributed by atoms with van der Waals surface area (Å²) < 4.78 is 6.80. The van der Waals surface area contributed by atoms with E-state index in [1.807, 2.05) is 11.0 Å². The molecule has 7 nitrogen and oxygen atoms in total. The van der Waals surface area contributed by atoms with Gasteiger partial charge in [-0.1, -0.05) is 42.1 Å². The summed E-state index contributed by atoms with van der Waals surface area (Å²) in [4.78, 5) is 27.4. The molecular formula is C21H24Cl2N4O3S. The van der Waals surface area contributed by atoms with Gasteiger partial charge in [0.05, 0.1) is 23.0 Å². The lowest BCUT2D eigenvalue weighted by Gasteiger charge is -2.19. The van der Waals surface area contributed by atoms with Crippen molar-refractivity contribution in [1.82, 2.24) is 4.90 Å². The zero-order valence-corrected chi connectivity index (χ0v) is 19.2. The second-order valence-corrected chi connectivity index (χ2v) is 8.32. The molecule has 31 heavy (non-hydrogen) atoms. The number of primary amides is 1. The van der Waals surface area contributed by atoms with E-state index in [9.17, 15) is 9.59 Å². The van der Waals surface area contributed by atoms with Crippen molar-refractivity contribution >= 4 is 59.5 Å². The molecule has 1 fully saturated rings. The number of nitrogens with zero attached hydrogens (tertiary/aromatic N) is 3. The SMILES string of the molecule is NC(=O)N(S)c1cccc(OCCCCCN2CCN(c3ccc(Cl)cc3Cl)C2=O)c1. The third-order valence-electron chi connectivity index (χ3n) is 4.91. The largest absolute Gasteiger partial charge is 0.494 e. The Hall–Kier alpha value is -2.29. The van der Waals surface area contributed by atoms with Crippen molar-refractivity contribution in [2.24, 2.45) is 5.73 Å². The highest BCUT2D eigenvalue weighted by Gasteiger charge is 2.30. The number of ether oxygens (including phenoxy) is 1. The van der Waals surface area contributed by atoms with E-state index >= 15 is 0 Å². The van der Waals surface area contributed by atoms with Gasteiger partial charge >= 0.3 is 12.1 Å². The molecule has 0 unspecified atom stereocenters. The Bertz CT molecular complexity index is 947. The monoisotopic (exact) mass is 482 g/mol. The number of rotatable bonds is 9. The van der Waals surface area contributed by atoms with Crippen LogP contribution < -0.4 is 19.7 Å². The summed E-state index contributed by atoms with van der Waals surface area (Å²) in [6, 6.07) is 11.5. The zero-order valence-electron chi connectivity index (χ0n) is 16.8. The van der Waals surface area contributed by atoms with Crippen molar-refractivity contribution < 1.29 is 14.3 Å². The second kappa shape index (κ2) is 10.8. The minimum absolute atomic E-state index is 0.0388. The highest BCUT2D eigenvalue weighted by atomic mass is 35.5. The third kappa shape index (κ3) is 6.12. The van der Waals surface area contributed by atoms with Crippen molar-refractivity contribution in [3.8, 4) is 5.75 Å². The minimum Gasteiger partial charge on any atom is -0.494 e. The van der Waals surface area contributed by atoms with E-state index in [1.54, 1.807) is 41.3 Å². The summed E-state index contributed by atoms with van der Waals surface area (Å²) in [6.45, 7) is 2.49. The molecule has 2 N–H and O–H groups in total. The molecule has 0 bridgehead atoms. The molecule has 0 aliphatic carbocycles. The van der Waals surface area contributed by atoms with Crippen LogP contribution in [0.3, 0.4) is 0 Å². The van der Waals surface area contributed by atoms with Crippen molar-refractivity contribution in [1.29, 1.82) is 0 Å². The Balaban J connectivity index is 1.38. The molecule has 0 atom stereocenters. The number of nitrogens with two attached hydrogens (primary N) is 1. The van der Waals surface area contributed by atoms with Gasteiger partial charge in [-0.25, -0.2) is 13.9 Å². The number of hydrogen-bond donors (Lipinski definition) is 2.